The van der Waals surface area contributed by atoms with Crippen LogP contribution in [0, 0.1) is 28.1 Å². The fourth-order valence-corrected chi connectivity index (χ4v) is 4.96. The molecule has 0 radical (unpaired) electrons. The molecule has 1 aromatic rings. The molecule has 246 valence electrons. The highest BCUT2D eigenvalue weighted by atomic mass is 31.0. The second-order valence-electron chi connectivity index (χ2n) is 13.9. The first-order chi connectivity index (χ1) is 19.8. The number of hydrogen-bond donors (Lipinski definition) is 0. The van der Waals surface area contributed by atoms with Crippen LogP contribution in [0.5, 0.6) is 5.75 Å². The Labute approximate surface area is 262 Å². The summed E-state index contributed by atoms with van der Waals surface area (Å²) in [6, 6.07) is 7.33. The Morgan fingerprint density at radius 3 is 1.91 bits per heavy atom. The SMILES string of the molecule is CC(C)C(C)(C)CC(C)(C(=O)OCCCCCCOc1ccc(/C=C/C(=O)OCCCC(F)(F)P)cc1)C(C)(C)C(C)C. The molecule has 1 rings (SSSR count). The Morgan fingerprint density at radius 1 is 0.814 bits per heavy atom. The summed E-state index contributed by atoms with van der Waals surface area (Å²) >= 11 is 0. The number of hydrogen-bond acceptors (Lipinski definition) is 5. The molecule has 0 N–H and O–H groups in total. The van der Waals surface area contributed by atoms with Crippen molar-refractivity contribution in [2.24, 2.45) is 28.1 Å². The minimum Gasteiger partial charge on any atom is -0.494 e. The summed E-state index contributed by atoms with van der Waals surface area (Å²) in [6.07, 6.45) is 7.08. The second-order valence-corrected chi connectivity index (χ2v) is 14.7. The molecule has 0 amide bonds. The van der Waals surface area contributed by atoms with Gasteiger partial charge in [-0.25, -0.2) is 13.6 Å². The van der Waals surface area contributed by atoms with E-state index in [1.807, 2.05) is 24.3 Å². The lowest BCUT2D eigenvalue weighted by molar-refractivity contribution is -0.169. The first-order valence-electron chi connectivity index (χ1n) is 15.7. The summed E-state index contributed by atoms with van der Waals surface area (Å²) < 4.78 is 42.2. The average Bonchev–Trinajstić information content (AvgIpc) is 2.90. The summed E-state index contributed by atoms with van der Waals surface area (Å²) in [6.45, 7) is 20.8. The van der Waals surface area contributed by atoms with E-state index in [2.05, 4.69) is 62.3 Å². The Morgan fingerprint density at radius 2 is 1.37 bits per heavy atom. The lowest BCUT2D eigenvalue weighted by Gasteiger charge is -2.49. The van der Waals surface area contributed by atoms with Gasteiger partial charge in [0.15, 0.2) is 0 Å². The van der Waals surface area contributed by atoms with Crippen LogP contribution in [-0.2, 0) is 19.1 Å². The van der Waals surface area contributed by atoms with Crippen molar-refractivity contribution in [3.63, 3.8) is 0 Å². The molecule has 2 unspecified atom stereocenters. The third kappa shape index (κ3) is 13.7. The van der Waals surface area contributed by atoms with Crippen LogP contribution in [-0.4, -0.2) is 37.4 Å². The molecule has 8 heteroatoms. The average molecular weight is 627 g/mol. The smallest absolute Gasteiger partial charge is 0.330 e. The maximum atomic E-state index is 13.5. The van der Waals surface area contributed by atoms with Crippen LogP contribution in [0.1, 0.15) is 113 Å². The number of benzene rings is 1. The topological polar surface area (TPSA) is 61.8 Å². The molecule has 5 nitrogen and oxygen atoms in total. The third-order valence-corrected chi connectivity index (χ3v) is 9.71. The van der Waals surface area contributed by atoms with Crippen LogP contribution >= 0.6 is 9.24 Å². The van der Waals surface area contributed by atoms with Gasteiger partial charge in [-0.3, -0.25) is 4.79 Å². The maximum Gasteiger partial charge on any atom is 0.330 e. The Bertz CT molecular complexity index is 1010. The first-order valence-corrected chi connectivity index (χ1v) is 16.3. The van der Waals surface area contributed by atoms with E-state index >= 15 is 0 Å². The fraction of sp³-hybridized carbons (Fsp3) is 0.714. The molecule has 0 aliphatic rings. The van der Waals surface area contributed by atoms with Gasteiger partial charge in [-0.1, -0.05) is 76.8 Å². The zero-order chi connectivity index (χ0) is 32.9. The number of carbonyl (C=O) groups is 2. The van der Waals surface area contributed by atoms with Crippen molar-refractivity contribution in [2.45, 2.75) is 113 Å². The van der Waals surface area contributed by atoms with Crippen LogP contribution in [0.3, 0.4) is 0 Å². The normalized spacial score (nSPS) is 14.3. The Hall–Kier alpha value is -2.01. The summed E-state index contributed by atoms with van der Waals surface area (Å²) in [5, 5.41) is 0. The predicted octanol–water partition coefficient (Wildman–Crippen LogP) is 9.73. The molecule has 1 aromatic carbocycles. The molecule has 2 atom stereocenters. The lowest BCUT2D eigenvalue weighted by Crippen LogP contribution is -2.49. The molecule has 0 aromatic heterocycles. The zero-order valence-electron chi connectivity index (χ0n) is 28.1. The van der Waals surface area contributed by atoms with E-state index < -0.39 is 17.0 Å². The highest BCUT2D eigenvalue weighted by molar-refractivity contribution is 7.18. The molecular formula is C35H57F2O5P. The van der Waals surface area contributed by atoms with E-state index in [0.717, 1.165) is 43.4 Å². The molecule has 0 aliphatic carbocycles. The summed E-state index contributed by atoms with van der Waals surface area (Å²) in [5.41, 5.74) is -2.79. The summed E-state index contributed by atoms with van der Waals surface area (Å²) in [5.74, 6) is 0.886. The van der Waals surface area contributed by atoms with Crippen LogP contribution in [0.4, 0.5) is 8.78 Å². The fourth-order valence-electron chi connectivity index (χ4n) is 4.76. The van der Waals surface area contributed by atoms with Gasteiger partial charge < -0.3 is 14.2 Å². The van der Waals surface area contributed by atoms with E-state index in [1.54, 1.807) is 6.08 Å². The van der Waals surface area contributed by atoms with E-state index in [1.165, 1.54) is 15.3 Å². The summed E-state index contributed by atoms with van der Waals surface area (Å²) in [7, 11) is 1.48. The molecule has 0 heterocycles. The second kappa shape index (κ2) is 17.5. The van der Waals surface area contributed by atoms with Gasteiger partial charge in [0, 0.05) is 12.5 Å². The zero-order valence-corrected chi connectivity index (χ0v) is 29.2. The molecule has 0 fully saturated rings. The number of carbonyl (C=O) groups excluding carboxylic acids is 2. The minimum atomic E-state index is -2.83. The van der Waals surface area contributed by atoms with Crippen molar-refractivity contribution in [2.75, 3.05) is 19.8 Å². The lowest BCUT2D eigenvalue weighted by atomic mass is 9.55. The van der Waals surface area contributed by atoms with Gasteiger partial charge in [0.1, 0.15) is 5.75 Å². The van der Waals surface area contributed by atoms with Gasteiger partial charge in [-0.15, -0.1) is 0 Å². The van der Waals surface area contributed by atoms with Crippen molar-refractivity contribution in [1.29, 1.82) is 0 Å². The quantitative estimate of drug-likeness (QED) is 0.0624. The van der Waals surface area contributed by atoms with Crippen LogP contribution < -0.4 is 4.74 Å². The third-order valence-electron chi connectivity index (χ3n) is 9.42. The molecule has 43 heavy (non-hydrogen) atoms. The predicted molar refractivity (Wildman–Crippen MR) is 175 cm³/mol. The Kier molecular flexibility index (Phi) is 15.9. The van der Waals surface area contributed by atoms with Gasteiger partial charge in [0.05, 0.1) is 25.2 Å². The highest BCUT2D eigenvalue weighted by Crippen LogP contribution is 2.53. The van der Waals surface area contributed by atoms with Crippen LogP contribution in [0.25, 0.3) is 6.08 Å². The first kappa shape index (κ1) is 39.0. The molecule has 0 bridgehead atoms. The number of alkyl halides is 2. The van der Waals surface area contributed by atoms with Crippen molar-refractivity contribution in [1.82, 2.24) is 0 Å². The number of halogens is 2. The number of esters is 2. The largest absolute Gasteiger partial charge is 0.494 e. The van der Waals surface area contributed by atoms with Gasteiger partial charge in [-0.2, -0.15) is 0 Å². The molecular weight excluding hydrogens is 569 g/mol. The molecule has 0 saturated heterocycles. The van der Waals surface area contributed by atoms with Gasteiger partial charge in [0.25, 0.3) is 5.66 Å². The molecule has 0 saturated carbocycles. The van der Waals surface area contributed by atoms with Crippen LogP contribution in [0.2, 0.25) is 0 Å². The van der Waals surface area contributed by atoms with Crippen molar-refractivity contribution >= 4 is 27.3 Å². The Balaban J connectivity index is 2.39. The van der Waals surface area contributed by atoms with Gasteiger partial charge in [0.2, 0.25) is 0 Å². The number of ether oxygens (including phenoxy) is 3. The van der Waals surface area contributed by atoms with E-state index in [4.69, 9.17) is 14.2 Å². The maximum absolute atomic E-state index is 13.5. The molecule has 0 spiro atoms. The summed E-state index contributed by atoms with van der Waals surface area (Å²) in [4.78, 5) is 25.2. The monoisotopic (exact) mass is 626 g/mol. The number of unbranched alkanes of at least 4 members (excludes halogenated alkanes) is 3. The minimum absolute atomic E-state index is 0.0185. The van der Waals surface area contributed by atoms with Crippen molar-refractivity contribution in [3.8, 4) is 5.75 Å². The van der Waals surface area contributed by atoms with Crippen molar-refractivity contribution < 1.29 is 32.6 Å². The highest BCUT2D eigenvalue weighted by Gasteiger charge is 2.52. The molecule has 0 aliphatic heterocycles. The number of rotatable bonds is 20. The van der Waals surface area contributed by atoms with Crippen molar-refractivity contribution in [3.05, 3.63) is 35.9 Å². The van der Waals surface area contributed by atoms with Gasteiger partial charge >= 0.3 is 11.9 Å². The van der Waals surface area contributed by atoms with Gasteiger partial charge in [-0.05, 0) is 91.9 Å². The van der Waals surface area contributed by atoms with Crippen LogP contribution in [0.15, 0.2) is 30.3 Å². The van der Waals surface area contributed by atoms with E-state index in [0.29, 0.717) is 25.0 Å². The van der Waals surface area contributed by atoms with E-state index in [9.17, 15) is 18.4 Å². The van der Waals surface area contributed by atoms with E-state index in [-0.39, 0.29) is 36.2 Å². The standard InChI is InChI=1S/C35H57F2O5P/c1-26(2)32(5,6)25-34(9,33(7,8)27(3)4)31(39)42-23-13-11-10-12-22-40-29-18-15-28(16-19-29)17-20-30(38)41-24-14-21-35(36,37)43/h15-20,26-27H,10-14,21-25,43H2,1-9H3/b20-17+.